The lowest BCUT2D eigenvalue weighted by Gasteiger charge is -2.31. The molecule has 1 aliphatic rings. The van der Waals surface area contributed by atoms with Crippen molar-refractivity contribution in [1.82, 2.24) is 14.9 Å². The Kier molecular flexibility index (Phi) is 5.17. The fraction of sp³-hybridized carbons (Fsp3) is 0.364. The van der Waals surface area contributed by atoms with Crippen LogP contribution in [0.5, 0.6) is 5.75 Å². The van der Waals surface area contributed by atoms with Crippen molar-refractivity contribution in [1.29, 1.82) is 0 Å². The van der Waals surface area contributed by atoms with E-state index >= 15 is 0 Å². The van der Waals surface area contributed by atoms with Gasteiger partial charge in [-0.1, -0.05) is 37.1 Å². The quantitative estimate of drug-likeness (QED) is 0.658. The first kappa shape index (κ1) is 20.3. The number of halogens is 3. The topological polar surface area (TPSA) is 56.1 Å². The van der Waals surface area contributed by atoms with E-state index < -0.39 is 30.0 Å². The first-order valence-electron chi connectivity index (χ1n) is 9.80. The number of rotatable bonds is 5. The number of ether oxygens (including phenoxy) is 1. The monoisotopic (exact) mass is 417 g/mol. The molecule has 0 radical (unpaired) electrons. The number of benzene rings is 2. The number of alkyl halides is 3. The third kappa shape index (κ3) is 3.74. The number of aromatic nitrogens is 2. The molecule has 0 unspecified atom stereocenters. The molecular formula is C22H22F3N3O2. The van der Waals surface area contributed by atoms with E-state index in [2.05, 4.69) is 10.3 Å². The molecule has 1 N–H and O–H groups in total. The van der Waals surface area contributed by atoms with Crippen molar-refractivity contribution in [3.63, 3.8) is 0 Å². The molecule has 30 heavy (non-hydrogen) atoms. The third-order valence-electron chi connectivity index (χ3n) is 5.67. The summed E-state index contributed by atoms with van der Waals surface area (Å²) in [5, 5.41) is 3.03. The second-order valence-electron chi connectivity index (χ2n) is 7.58. The smallest absolute Gasteiger partial charge is 0.449 e. The number of nitrogens with one attached hydrogen (secondary N) is 1. The Morgan fingerprint density at radius 3 is 2.60 bits per heavy atom. The predicted molar refractivity (Wildman–Crippen MR) is 106 cm³/mol. The molecule has 1 aromatic heterocycles. The number of methoxy groups -OCH3 is 1. The van der Waals surface area contributed by atoms with Gasteiger partial charge in [-0.05, 0) is 42.7 Å². The van der Waals surface area contributed by atoms with Gasteiger partial charge in [-0.25, -0.2) is 4.98 Å². The van der Waals surface area contributed by atoms with Crippen LogP contribution in [-0.4, -0.2) is 22.6 Å². The van der Waals surface area contributed by atoms with E-state index in [1.807, 2.05) is 24.3 Å². The number of carbonyl (C=O) groups is 1. The Bertz CT molecular complexity index is 1070. The molecule has 0 aliphatic heterocycles. The molecule has 3 aromatic rings. The van der Waals surface area contributed by atoms with Gasteiger partial charge in [0.05, 0.1) is 23.7 Å². The van der Waals surface area contributed by atoms with Crippen LogP contribution in [0.4, 0.5) is 13.2 Å². The summed E-state index contributed by atoms with van der Waals surface area (Å²) in [5.74, 6) is -0.873. The van der Waals surface area contributed by atoms with E-state index in [0.717, 1.165) is 35.8 Å². The van der Waals surface area contributed by atoms with Crippen molar-refractivity contribution in [2.45, 2.75) is 43.9 Å². The SMILES string of the molecule is COc1cccc(C2(NC(=O)Cn3c(C(F)(F)F)nc4ccccc43)CCCC2)c1. The summed E-state index contributed by atoms with van der Waals surface area (Å²) in [4.78, 5) is 16.7. The molecule has 0 spiro atoms. The van der Waals surface area contributed by atoms with Gasteiger partial charge in [-0.15, -0.1) is 0 Å². The highest BCUT2D eigenvalue weighted by Gasteiger charge is 2.40. The molecule has 0 bridgehead atoms. The largest absolute Gasteiger partial charge is 0.497 e. The first-order chi connectivity index (χ1) is 14.3. The summed E-state index contributed by atoms with van der Waals surface area (Å²) < 4.78 is 46.9. The van der Waals surface area contributed by atoms with Gasteiger partial charge < -0.3 is 14.6 Å². The summed E-state index contributed by atoms with van der Waals surface area (Å²) in [7, 11) is 1.57. The molecule has 8 heteroatoms. The second kappa shape index (κ2) is 7.66. The maximum absolute atomic E-state index is 13.5. The van der Waals surface area contributed by atoms with Crippen LogP contribution in [0.2, 0.25) is 0 Å². The summed E-state index contributed by atoms with van der Waals surface area (Å²) >= 11 is 0. The van der Waals surface area contributed by atoms with Crippen LogP contribution in [0.15, 0.2) is 48.5 Å². The number of nitrogens with zero attached hydrogens (tertiary/aromatic N) is 2. The lowest BCUT2D eigenvalue weighted by atomic mass is 9.88. The highest BCUT2D eigenvalue weighted by Crippen LogP contribution is 2.40. The minimum atomic E-state index is -4.66. The van der Waals surface area contributed by atoms with E-state index in [9.17, 15) is 18.0 Å². The number of hydrogen-bond donors (Lipinski definition) is 1. The van der Waals surface area contributed by atoms with E-state index in [1.165, 1.54) is 12.1 Å². The van der Waals surface area contributed by atoms with Crippen molar-refractivity contribution < 1.29 is 22.7 Å². The molecule has 2 aromatic carbocycles. The second-order valence-corrected chi connectivity index (χ2v) is 7.58. The van der Waals surface area contributed by atoms with Gasteiger partial charge in [0, 0.05) is 0 Å². The minimum Gasteiger partial charge on any atom is -0.497 e. The highest BCUT2D eigenvalue weighted by molar-refractivity contribution is 5.82. The number of hydrogen-bond acceptors (Lipinski definition) is 3. The third-order valence-corrected chi connectivity index (χ3v) is 5.67. The van der Waals surface area contributed by atoms with Crippen LogP contribution in [-0.2, 0) is 23.1 Å². The summed E-state index contributed by atoms with van der Waals surface area (Å²) in [5.41, 5.74) is 0.780. The summed E-state index contributed by atoms with van der Waals surface area (Å²) in [6.45, 7) is -0.457. The lowest BCUT2D eigenvalue weighted by molar-refractivity contribution is -0.147. The van der Waals surface area contributed by atoms with Crippen LogP contribution in [0.25, 0.3) is 11.0 Å². The van der Waals surface area contributed by atoms with Gasteiger partial charge in [-0.2, -0.15) is 13.2 Å². The molecule has 158 valence electrons. The average Bonchev–Trinajstić information content (AvgIpc) is 3.34. The van der Waals surface area contributed by atoms with Crippen LogP contribution >= 0.6 is 0 Å². The number of imidazole rings is 1. The van der Waals surface area contributed by atoms with Gasteiger partial charge in [0.1, 0.15) is 12.3 Å². The zero-order chi connectivity index (χ0) is 21.4. The Labute approximate surface area is 171 Å². The van der Waals surface area contributed by atoms with E-state index in [1.54, 1.807) is 19.2 Å². The zero-order valence-electron chi connectivity index (χ0n) is 16.5. The Hall–Kier alpha value is -3.03. The van der Waals surface area contributed by atoms with E-state index in [-0.39, 0.29) is 11.0 Å². The Morgan fingerprint density at radius 1 is 1.17 bits per heavy atom. The fourth-order valence-electron chi connectivity index (χ4n) is 4.29. The molecule has 0 saturated heterocycles. The lowest BCUT2D eigenvalue weighted by Crippen LogP contribution is -2.45. The van der Waals surface area contributed by atoms with Gasteiger partial charge in [0.25, 0.3) is 0 Å². The maximum atomic E-state index is 13.5. The number of carbonyl (C=O) groups excluding carboxylic acids is 1. The number of para-hydroxylation sites is 2. The van der Waals surface area contributed by atoms with E-state index in [0.29, 0.717) is 5.75 Å². The normalized spacial score (nSPS) is 16.0. The zero-order valence-corrected chi connectivity index (χ0v) is 16.5. The molecule has 1 aliphatic carbocycles. The average molecular weight is 417 g/mol. The number of fused-ring (bicyclic) bond motifs is 1. The molecular weight excluding hydrogens is 395 g/mol. The van der Waals surface area contributed by atoms with Crippen molar-refractivity contribution in [2.24, 2.45) is 0 Å². The molecule has 1 heterocycles. The Morgan fingerprint density at radius 2 is 1.90 bits per heavy atom. The van der Waals surface area contributed by atoms with Crippen molar-refractivity contribution >= 4 is 16.9 Å². The van der Waals surface area contributed by atoms with Crippen molar-refractivity contribution in [3.8, 4) is 5.75 Å². The molecule has 5 nitrogen and oxygen atoms in total. The molecule has 1 fully saturated rings. The van der Waals surface area contributed by atoms with Crippen LogP contribution in [0, 0.1) is 0 Å². The number of amides is 1. The highest BCUT2D eigenvalue weighted by atomic mass is 19.4. The van der Waals surface area contributed by atoms with Crippen molar-refractivity contribution in [2.75, 3.05) is 7.11 Å². The van der Waals surface area contributed by atoms with Gasteiger partial charge in [-0.3, -0.25) is 4.79 Å². The van der Waals surface area contributed by atoms with Gasteiger partial charge in [0.15, 0.2) is 0 Å². The molecule has 4 rings (SSSR count). The van der Waals surface area contributed by atoms with Crippen LogP contribution in [0.3, 0.4) is 0 Å². The molecule has 0 atom stereocenters. The maximum Gasteiger partial charge on any atom is 0.449 e. The molecule has 1 amide bonds. The summed E-state index contributed by atoms with van der Waals surface area (Å²) in [6, 6.07) is 13.8. The van der Waals surface area contributed by atoms with E-state index in [4.69, 9.17) is 4.74 Å². The fourth-order valence-corrected chi connectivity index (χ4v) is 4.29. The first-order valence-corrected chi connectivity index (χ1v) is 9.80. The van der Waals surface area contributed by atoms with Crippen molar-refractivity contribution in [3.05, 3.63) is 59.9 Å². The van der Waals surface area contributed by atoms with Crippen LogP contribution in [0.1, 0.15) is 37.1 Å². The molecule has 1 saturated carbocycles. The predicted octanol–water partition coefficient (Wildman–Crippen LogP) is 4.65. The Balaban J connectivity index is 1.65. The van der Waals surface area contributed by atoms with Gasteiger partial charge in [0.2, 0.25) is 11.7 Å². The summed E-state index contributed by atoms with van der Waals surface area (Å²) in [6.07, 6.45) is -1.35. The van der Waals surface area contributed by atoms with Gasteiger partial charge >= 0.3 is 6.18 Å². The van der Waals surface area contributed by atoms with Crippen LogP contribution < -0.4 is 10.1 Å². The minimum absolute atomic E-state index is 0.209. The standard InChI is InChI=1S/C22H22F3N3O2/c1-30-16-8-6-7-15(13-16)21(11-4-5-12-21)27-19(29)14-28-18-10-3-2-9-17(18)26-20(28)22(23,24)25/h2-3,6-10,13H,4-5,11-12,14H2,1H3,(H,27,29).